The first kappa shape index (κ1) is 9.62. The molecule has 0 radical (unpaired) electrons. The van der Waals surface area contributed by atoms with Gasteiger partial charge in [-0.1, -0.05) is 12.1 Å². The van der Waals surface area contributed by atoms with Crippen LogP contribution in [0.25, 0.3) is 10.9 Å². The van der Waals surface area contributed by atoms with E-state index in [0.29, 0.717) is 6.54 Å². The van der Waals surface area contributed by atoms with Crippen LogP contribution in [0.1, 0.15) is 11.3 Å². The number of hydrogen-bond acceptors (Lipinski definition) is 3. The Morgan fingerprint density at radius 3 is 3.07 bits per heavy atom. The average molecular weight is 201 g/mol. The van der Waals surface area contributed by atoms with Crippen LogP contribution in [0.15, 0.2) is 23.2 Å². The standard InChI is InChI=1S/C11H11N3O/c1-8-11-9(6-12-7-15)4-3-5-10(11)14(2)13-8/h3-5H,6H2,1-2H3. The maximum atomic E-state index is 10.1. The van der Waals surface area contributed by atoms with E-state index in [1.54, 1.807) is 6.08 Å². The van der Waals surface area contributed by atoms with Crippen LogP contribution in [-0.4, -0.2) is 15.9 Å². The van der Waals surface area contributed by atoms with E-state index >= 15 is 0 Å². The van der Waals surface area contributed by atoms with Crippen LogP contribution >= 0.6 is 0 Å². The van der Waals surface area contributed by atoms with Crippen LogP contribution in [-0.2, 0) is 18.4 Å². The monoisotopic (exact) mass is 201 g/mol. The third kappa shape index (κ3) is 1.55. The summed E-state index contributed by atoms with van der Waals surface area (Å²) in [5.74, 6) is 0. The van der Waals surface area contributed by atoms with E-state index in [0.717, 1.165) is 22.2 Å². The first-order valence-electron chi connectivity index (χ1n) is 4.69. The molecule has 2 rings (SSSR count). The largest absolute Gasteiger partial charge is 0.268 e. The molecule has 1 aromatic heterocycles. The maximum Gasteiger partial charge on any atom is 0.235 e. The molecule has 2 aromatic rings. The lowest BCUT2D eigenvalue weighted by atomic mass is 10.1. The van der Waals surface area contributed by atoms with Crippen molar-refractivity contribution in [2.24, 2.45) is 12.0 Å². The lowest BCUT2D eigenvalue weighted by Gasteiger charge is -1.99. The molecule has 4 nitrogen and oxygen atoms in total. The highest BCUT2D eigenvalue weighted by molar-refractivity contribution is 5.85. The molecule has 0 unspecified atom stereocenters. The summed E-state index contributed by atoms with van der Waals surface area (Å²) in [6.07, 6.45) is 1.55. The topological polar surface area (TPSA) is 47.2 Å². The highest BCUT2D eigenvalue weighted by Gasteiger charge is 2.08. The van der Waals surface area contributed by atoms with Gasteiger partial charge in [-0.05, 0) is 18.6 Å². The molecule has 76 valence electrons. The predicted molar refractivity (Wildman–Crippen MR) is 57.3 cm³/mol. The minimum Gasteiger partial charge on any atom is -0.268 e. The Morgan fingerprint density at radius 2 is 2.33 bits per heavy atom. The molecule has 15 heavy (non-hydrogen) atoms. The molecule has 1 aromatic carbocycles. The number of benzene rings is 1. The lowest BCUT2D eigenvalue weighted by Crippen LogP contribution is -1.89. The van der Waals surface area contributed by atoms with Crippen LogP contribution in [0.3, 0.4) is 0 Å². The smallest absolute Gasteiger partial charge is 0.235 e. The highest BCUT2D eigenvalue weighted by atomic mass is 16.1. The Labute approximate surface area is 87.2 Å². The summed E-state index contributed by atoms with van der Waals surface area (Å²) in [5, 5.41) is 5.42. The molecule has 0 bridgehead atoms. The Balaban J connectivity index is 2.69. The Kier molecular flexibility index (Phi) is 2.35. The normalized spacial score (nSPS) is 10.3. The van der Waals surface area contributed by atoms with E-state index in [-0.39, 0.29) is 0 Å². The lowest BCUT2D eigenvalue weighted by molar-refractivity contribution is 0.563. The molecular formula is C11H11N3O. The molecule has 0 aliphatic heterocycles. The molecule has 4 heteroatoms. The van der Waals surface area contributed by atoms with Crippen LogP contribution in [0.2, 0.25) is 0 Å². The van der Waals surface area contributed by atoms with E-state index in [9.17, 15) is 4.79 Å². The molecule has 0 aliphatic carbocycles. The fourth-order valence-corrected chi connectivity index (χ4v) is 1.85. The molecule has 0 fully saturated rings. The average Bonchev–Trinajstić information content (AvgIpc) is 2.53. The van der Waals surface area contributed by atoms with Crippen molar-refractivity contribution in [1.29, 1.82) is 0 Å². The van der Waals surface area contributed by atoms with Crippen molar-refractivity contribution in [1.82, 2.24) is 9.78 Å². The molecule has 1 heterocycles. The van der Waals surface area contributed by atoms with Crippen molar-refractivity contribution >= 4 is 17.0 Å². The van der Waals surface area contributed by atoms with E-state index in [4.69, 9.17) is 0 Å². The van der Waals surface area contributed by atoms with Gasteiger partial charge >= 0.3 is 0 Å². The van der Waals surface area contributed by atoms with Crippen molar-refractivity contribution in [2.75, 3.05) is 0 Å². The zero-order valence-corrected chi connectivity index (χ0v) is 8.69. The minimum absolute atomic E-state index is 0.368. The summed E-state index contributed by atoms with van der Waals surface area (Å²) >= 11 is 0. The Morgan fingerprint density at radius 1 is 1.53 bits per heavy atom. The maximum absolute atomic E-state index is 10.1. The van der Waals surface area contributed by atoms with Gasteiger partial charge in [-0.15, -0.1) is 0 Å². The zero-order valence-electron chi connectivity index (χ0n) is 8.69. The van der Waals surface area contributed by atoms with Gasteiger partial charge in [0.2, 0.25) is 6.08 Å². The number of isocyanates is 1. The first-order chi connectivity index (χ1) is 7.24. The third-order valence-electron chi connectivity index (χ3n) is 2.45. The third-order valence-corrected chi connectivity index (χ3v) is 2.45. The highest BCUT2D eigenvalue weighted by Crippen LogP contribution is 2.22. The second-order valence-corrected chi connectivity index (χ2v) is 3.43. The van der Waals surface area contributed by atoms with Gasteiger partial charge in [-0.2, -0.15) is 5.10 Å². The summed E-state index contributed by atoms with van der Waals surface area (Å²) in [6, 6.07) is 5.90. The number of fused-ring (bicyclic) bond motifs is 1. The molecule has 0 spiro atoms. The summed E-state index contributed by atoms with van der Waals surface area (Å²) in [7, 11) is 1.90. The van der Waals surface area contributed by atoms with Crippen LogP contribution in [0.4, 0.5) is 0 Å². The molecule has 0 atom stereocenters. The van der Waals surface area contributed by atoms with Gasteiger partial charge < -0.3 is 0 Å². The van der Waals surface area contributed by atoms with Gasteiger partial charge in [0.15, 0.2) is 0 Å². The number of aryl methyl sites for hydroxylation is 2. The van der Waals surface area contributed by atoms with Crippen LogP contribution < -0.4 is 0 Å². The minimum atomic E-state index is 0.368. The molecule has 0 saturated carbocycles. The predicted octanol–water partition coefficient (Wildman–Crippen LogP) is 1.72. The van der Waals surface area contributed by atoms with Crippen LogP contribution in [0, 0.1) is 6.92 Å². The van der Waals surface area contributed by atoms with Gasteiger partial charge in [0.25, 0.3) is 0 Å². The summed E-state index contributed by atoms with van der Waals surface area (Å²) < 4.78 is 1.83. The number of aliphatic imine (C=N–C) groups is 1. The number of hydrogen-bond donors (Lipinski definition) is 0. The van der Waals surface area contributed by atoms with Crippen LogP contribution in [0.5, 0.6) is 0 Å². The molecule has 0 aliphatic rings. The SMILES string of the molecule is Cc1nn(C)c2cccc(CN=C=O)c12. The zero-order chi connectivity index (χ0) is 10.8. The van der Waals surface area contributed by atoms with Crippen molar-refractivity contribution in [2.45, 2.75) is 13.5 Å². The second kappa shape index (κ2) is 3.67. The summed E-state index contributed by atoms with van der Waals surface area (Å²) in [5.41, 5.74) is 3.04. The van der Waals surface area contributed by atoms with Gasteiger partial charge in [-0.25, -0.2) is 9.79 Å². The van der Waals surface area contributed by atoms with Crippen molar-refractivity contribution in [3.8, 4) is 0 Å². The fourth-order valence-electron chi connectivity index (χ4n) is 1.85. The van der Waals surface area contributed by atoms with E-state index in [1.165, 1.54) is 0 Å². The summed E-state index contributed by atoms with van der Waals surface area (Å²) in [6.45, 7) is 2.32. The summed E-state index contributed by atoms with van der Waals surface area (Å²) in [4.78, 5) is 13.7. The number of rotatable bonds is 2. The van der Waals surface area contributed by atoms with Gasteiger partial charge in [0.05, 0.1) is 17.8 Å². The number of carbonyl (C=O) groups excluding carboxylic acids is 1. The van der Waals surface area contributed by atoms with E-state index in [1.807, 2.05) is 36.9 Å². The van der Waals surface area contributed by atoms with Crippen molar-refractivity contribution in [3.63, 3.8) is 0 Å². The molecule has 0 N–H and O–H groups in total. The molecule has 0 saturated heterocycles. The van der Waals surface area contributed by atoms with Gasteiger partial charge in [0.1, 0.15) is 0 Å². The molecule has 0 amide bonds. The number of aromatic nitrogens is 2. The first-order valence-corrected chi connectivity index (χ1v) is 4.69. The van der Waals surface area contributed by atoms with Gasteiger partial charge in [0, 0.05) is 12.4 Å². The van der Waals surface area contributed by atoms with E-state index in [2.05, 4.69) is 10.1 Å². The van der Waals surface area contributed by atoms with E-state index < -0.39 is 0 Å². The quantitative estimate of drug-likeness (QED) is 0.548. The molecular weight excluding hydrogens is 190 g/mol. The number of nitrogens with zero attached hydrogens (tertiary/aromatic N) is 3. The fraction of sp³-hybridized carbons (Fsp3) is 0.273. The second-order valence-electron chi connectivity index (χ2n) is 3.43. The van der Waals surface area contributed by atoms with Crippen molar-refractivity contribution in [3.05, 3.63) is 29.5 Å². The Hall–Kier alpha value is -1.93. The van der Waals surface area contributed by atoms with Gasteiger partial charge in [-0.3, -0.25) is 4.68 Å². The van der Waals surface area contributed by atoms with Crippen molar-refractivity contribution < 1.29 is 4.79 Å². The Bertz CT molecular complexity index is 550.